The predicted octanol–water partition coefficient (Wildman–Crippen LogP) is 3.05. The summed E-state index contributed by atoms with van der Waals surface area (Å²) in [5.41, 5.74) is 2.97. The molecule has 0 bridgehead atoms. The van der Waals surface area contributed by atoms with E-state index < -0.39 is 0 Å². The van der Waals surface area contributed by atoms with E-state index in [4.69, 9.17) is 0 Å². The predicted molar refractivity (Wildman–Crippen MR) is 79.5 cm³/mol. The molecular weight excluding hydrogens is 250 g/mol. The van der Waals surface area contributed by atoms with E-state index in [1.807, 2.05) is 38.1 Å². The summed E-state index contributed by atoms with van der Waals surface area (Å²) in [5.74, 6) is 0.359. The Morgan fingerprint density at radius 3 is 2.40 bits per heavy atom. The molecule has 0 unspecified atom stereocenters. The van der Waals surface area contributed by atoms with Crippen LogP contribution in [-0.2, 0) is 11.2 Å². The molecule has 1 aromatic carbocycles. The highest BCUT2D eigenvalue weighted by molar-refractivity contribution is 5.88. The number of hydrogen-bond donors (Lipinski definition) is 1. The van der Waals surface area contributed by atoms with Crippen LogP contribution < -0.4 is 5.32 Å². The smallest absolute Gasteiger partial charge is 0.229 e. The van der Waals surface area contributed by atoms with Gasteiger partial charge in [0, 0.05) is 17.8 Å². The van der Waals surface area contributed by atoms with Crippen LogP contribution in [-0.4, -0.2) is 15.9 Å². The zero-order valence-corrected chi connectivity index (χ0v) is 11.9. The first-order valence-electron chi connectivity index (χ1n) is 6.79. The Hall–Kier alpha value is -2.23. The van der Waals surface area contributed by atoms with Crippen molar-refractivity contribution in [2.75, 3.05) is 5.32 Å². The molecule has 1 heterocycles. The topological polar surface area (TPSA) is 54.9 Å². The summed E-state index contributed by atoms with van der Waals surface area (Å²) >= 11 is 0. The van der Waals surface area contributed by atoms with Crippen LogP contribution in [0.5, 0.6) is 0 Å². The molecule has 104 valence electrons. The van der Waals surface area contributed by atoms with Crippen molar-refractivity contribution in [1.82, 2.24) is 9.97 Å². The first kappa shape index (κ1) is 14.2. The Labute approximate surface area is 119 Å². The number of hydrogen-bond acceptors (Lipinski definition) is 3. The molecule has 4 nitrogen and oxygen atoms in total. The van der Waals surface area contributed by atoms with Crippen molar-refractivity contribution < 1.29 is 4.79 Å². The largest absolute Gasteiger partial charge is 0.295 e. The van der Waals surface area contributed by atoms with Gasteiger partial charge in [0.25, 0.3) is 0 Å². The average Bonchev–Trinajstić information content (AvgIpc) is 2.38. The van der Waals surface area contributed by atoms with Crippen molar-refractivity contribution in [2.45, 2.75) is 33.1 Å². The van der Waals surface area contributed by atoms with Crippen molar-refractivity contribution in [2.24, 2.45) is 0 Å². The minimum absolute atomic E-state index is 0.0362. The van der Waals surface area contributed by atoms with Crippen LogP contribution in [0.25, 0.3) is 0 Å². The quantitative estimate of drug-likeness (QED) is 0.907. The Morgan fingerprint density at radius 2 is 1.75 bits per heavy atom. The van der Waals surface area contributed by atoms with E-state index in [-0.39, 0.29) is 5.91 Å². The van der Waals surface area contributed by atoms with Crippen molar-refractivity contribution in [1.29, 1.82) is 0 Å². The monoisotopic (exact) mass is 269 g/mol. The van der Waals surface area contributed by atoms with E-state index >= 15 is 0 Å². The molecular formula is C16H19N3O. The summed E-state index contributed by atoms with van der Waals surface area (Å²) in [7, 11) is 0. The van der Waals surface area contributed by atoms with Crippen molar-refractivity contribution >= 4 is 11.9 Å². The van der Waals surface area contributed by atoms with Crippen LogP contribution in [0.3, 0.4) is 0 Å². The molecule has 0 aliphatic heterocycles. The summed E-state index contributed by atoms with van der Waals surface area (Å²) in [5, 5.41) is 2.75. The molecule has 0 fully saturated rings. The second-order valence-electron chi connectivity index (χ2n) is 4.86. The van der Waals surface area contributed by atoms with Gasteiger partial charge in [-0.15, -0.1) is 0 Å². The molecule has 20 heavy (non-hydrogen) atoms. The van der Waals surface area contributed by atoms with Gasteiger partial charge in [-0.2, -0.15) is 0 Å². The number of nitrogens with one attached hydrogen (secondary N) is 1. The van der Waals surface area contributed by atoms with Gasteiger partial charge in [-0.1, -0.05) is 30.3 Å². The zero-order chi connectivity index (χ0) is 14.4. The van der Waals surface area contributed by atoms with E-state index in [1.165, 1.54) is 5.56 Å². The van der Waals surface area contributed by atoms with E-state index in [1.54, 1.807) is 0 Å². The third kappa shape index (κ3) is 4.46. The molecule has 0 saturated carbocycles. The molecule has 2 rings (SSSR count). The van der Waals surface area contributed by atoms with Crippen LogP contribution in [0.2, 0.25) is 0 Å². The third-order valence-electron chi connectivity index (χ3n) is 2.95. The molecule has 0 radical (unpaired) electrons. The van der Waals surface area contributed by atoms with E-state index in [2.05, 4.69) is 27.4 Å². The minimum Gasteiger partial charge on any atom is -0.295 e. The van der Waals surface area contributed by atoms with E-state index in [9.17, 15) is 4.79 Å². The second kappa shape index (κ2) is 6.80. The molecule has 0 saturated heterocycles. The first-order valence-corrected chi connectivity index (χ1v) is 6.79. The van der Waals surface area contributed by atoms with Gasteiger partial charge in [0.15, 0.2) is 0 Å². The lowest BCUT2D eigenvalue weighted by atomic mass is 10.1. The van der Waals surface area contributed by atoms with Crippen LogP contribution >= 0.6 is 0 Å². The third-order valence-corrected chi connectivity index (χ3v) is 2.95. The van der Waals surface area contributed by atoms with Gasteiger partial charge in [-0.05, 0) is 38.3 Å². The first-order chi connectivity index (χ1) is 9.63. The van der Waals surface area contributed by atoms with Gasteiger partial charge < -0.3 is 0 Å². The van der Waals surface area contributed by atoms with Gasteiger partial charge in [0.2, 0.25) is 11.9 Å². The Morgan fingerprint density at radius 1 is 1.10 bits per heavy atom. The minimum atomic E-state index is -0.0362. The van der Waals surface area contributed by atoms with Crippen LogP contribution in [0.4, 0.5) is 5.95 Å². The second-order valence-corrected chi connectivity index (χ2v) is 4.86. The lowest BCUT2D eigenvalue weighted by Crippen LogP contribution is -2.14. The molecule has 0 atom stereocenters. The maximum Gasteiger partial charge on any atom is 0.229 e. The van der Waals surface area contributed by atoms with E-state index in [0.717, 1.165) is 24.2 Å². The van der Waals surface area contributed by atoms with Gasteiger partial charge in [0.05, 0.1) is 0 Å². The Balaban J connectivity index is 1.81. The Kier molecular flexibility index (Phi) is 4.82. The summed E-state index contributed by atoms with van der Waals surface area (Å²) in [4.78, 5) is 20.2. The van der Waals surface area contributed by atoms with Crippen LogP contribution in [0.15, 0.2) is 36.4 Å². The number of amides is 1. The number of carbonyl (C=O) groups excluding carboxylic acids is 1. The maximum atomic E-state index is 11.8. The Bertz CT molecular complexity index is 561. The van der Waals surface area contributed by atoms with Crippen molar-refractivity contribution in [3.8, 4) is 0 Å². The summed E-state index contributed by atoms with van der Waals surface area (Å²) in [6.07, 6.45) is 2.20. The van der Waals surface area contributed by atoms with Crippen LogP contribution in [0, 0.1) is 13.8 Å². The SMILES string of the molecule is Cc1cc(C)nc(NC(=O)CCCc2ccccc2)n1. The van der Waals surface area contributed by atoms with Gasteiger partial charge in [0.1, 0.15) is 0 Å². The number of nitrogens with zero attached hydrogens (tertiary/aromatic N) is 2. The fraction of sp³-hybridized carbons (Fsp3) is 0.312. The molecule has 2 aromatic rings. The molecule has 0 aliphatic carbocycles. The van der Waals surface area contributed by atoms with Crippen molar-refractivity contribution in [3.05, 3.63) is 53.3 Å². The lowest BCUT2D eigenvalue weighted by molar-refractivity contribution is -0.116. The highest BCUT2D eigenvalue weighted by Crippen LogP contribution is 2.07. The standard InChI is InChI=1S/C16H19N3O/c1-12-11-13(2)18-16(17-12)19-15(20)10-6-9-14-7-4-3-5-8-14/h3-5,7-8,11H,6,9-10H2,1-2H3,(H,17,18,19,20). The maximum absolute atomic E-state index is 11.8. The zero-order valence-electron chi connectivity index (χ0n) is 11.9. The van der Waals surface area contributed by atoms with Gasteiger partial charge >= 0.3 is 0 Å². The number of benzene rings is 1. The normalized spacial score (nSPS) is 10.3. The van der Waals surface area contributed by atoms with E-state index in [0.29, 0.717) is 12.4 Å². The van der Waals surface area contributed by atoms with Gasteiger partial charge in [-0.25, -0.2) is 9.97 Å². The molecule has 0 spiro atoms. The number of anilines is 1. The fourth-order valence-electron chi connectivity index (χ4n) is 2.07. The number of rotatable bonds is 5. The molecule has 1 aromatic heterocycles. The van der Waals surface area contributed by atoms with Gasteiger partial charge in [-0.3, -0.25) is 10.1 Å². The molecule has 1 N–H and O–H groups in total. The van der Waals surface area contributed by atoms with Crippen LogP contribution in [0.1, 0.15) is 29.8 Å². The summed E-state index contributed by atoms with van der Waals surface area (Å²) in [6.45, 7) is 3.78. The molecule has 4 heteroatoms. The summed E-state index contributed by atoms with van der Waals surface area (Å²) < 4.78 is 0. The number of aryl methyl sites for hydroxylation is 3. The number of aromatic nitrogens is 2. The summed E-state index contributed by atoms with van der Waals surface area (Å²) in [6, 6.07) is 12.0. The lowest BCUT2D eigenvalue weighted by Gasteiger charge is -2.05. The fourth-order valence-corrected chi connectivity index (χ4v) is 2.07. The highest BCUT2D eigenvalue weighted by Gasteiger charge is 2.05. The highest BCUT2D eigenvalue weighted by atomic mass is 16.1. The number of carbonyl (C=O) groups is 1. The van der Waals surface area contributed by atoms with Crippen molar-refractivity contribution in [3.63, 3.8) is 0 Å². The molecule has 0 aliphatic rings. The average molecular weight is 269 g/mol. The molecule has 1 amide bonds.